The molecular weight excluding hydrogens is 391 g/mol. The Morgan fingerprint density at radius 3 is 2.70 bits per heavy atom. The summed E-state index contributed by atoms with van der Waals surface area (Å²) in [6, 6.07) is 3.35. The highest BCUT2D eigenvalue weighted by molar-refractivity contribution is 9.10. The van der Waals surface area contributed by atoms with Crippen LogP contribution >= 0.6 is 15.9 Å². The van der Waals surface area contributed by atoms with Crippen LogP contribution in [0.1, 0.15) is 23.2 Å². The molecule has 1 saturated heterocycles. The number of hydrogen-bond acceptors (Lipinski definition) is 4. The van der Waals surface area contributed by atoms with Crippen LogP contribution in [0, 0.1) is 5.82 Å². The van der Waals surface area contributed by atoms with Gasteiger partial charge < -0.3 is 10.6 Å². The van der Waals surface area contributed by atoms with Crippen LogP contribution in [-0.2, 0) is 14.6 Å². The third kappa shape index (κ3) is 5.28. The minimum atomic E-state index is -3.04. The summed E-state index contributed by atoms with van der Waals surface area (Å²) in [4.78, 5) is 23.6. The predicted octanol–water partition coefficient (Wildman–Crippen LogP) is 1.01. The number of carbonyl (C=O) groups excluding carboxylic acids is 2. The molecule has 1 heterocycles. The Balaban J connectivity index is 1.76. The molecule has 6 nitrogen and oxygen atoms in total. The van der Waals surface area contributed by atoms with E-state index in [2.05, 4.69) is 26.6 Å². The molecular formula is C14H16BrFN2O4S. The van der Waals surface area contributed by atoms with Crippen LogP contribution in [0.3, 0.4) is 0 Å². The predicted molar refractivity (Wildman–Crippen MR) is 86.3 cm³/mol. The average Bonchev–Trinajstić information content (AvgIpc) is 2.77. The number of halogens is 2. The van der Waals surface area contributed by atoms with Gasteiger partial charge in [-0.15, -0.1) is 0 Å². The van der Waals surface area contributed by atoms with Crippen molar-refractivity contribution in [3.8, 4) is 0 Å². The number of amides is 2. The topological polar surface area (TPSA) is 92.3 Å². The first-order valence-corrected chi connectivity index (χ1v) is 9.61. The summed E-state index contributed by atoms with van der Waals surface area (Å²) < 4.78 is 35.9. The Morgan fingerprint density at radius 2 is 2.09 bits per heavy atom. The number of sulfone groups is 1. The van der Waals surface area contributed by atoms with Crippen LogP contribution in [0.2, 0.25) is 0 Å². The van der Waals surface area contributed by atoms with E-state index in [1.54, 1.807) is 0 Å². The first-order chi connectivity index (χ1) is 10.8. The van der Waals surface area contributed by atoms with Gasteiger partial charge in [0.05, 0.1) is 17.1 Å². The van der Waals surface area contributed by atoms with Crippen LogP contribution in [0.25, 0.3) is 0 Å². The van der Waals surface area contributed by atoms with Gasteiger partial charge in [-0.05, 0) is 40.5 Å². The van der Waals surface area contributed by atoms with Crippen molar-refractivity contribution in [2.75, 3.05) is 18.1 Å². The zero-order chi connectivity index (χ0) is 17.0. The molecule has 1 unspecified atom stereocenters. The zero-order valence-electron chi connectivity index (χ0n) is 12.1. The fourth-order valence-corrected chi connectivity index (χ4v) is 4.47. The van der Waals surface area contributed by atoms with E-state index in [0.29, 0.717) is 10.9 Å². The summed E-state index contributed by atoms with van der Waals surface area (Å²) in [7, 11) is -3.04. The van der Waals surface area contributed by atoms with Crippen LogP contribution < -0.4 is 10.6 Å². The number of hydrogen-bond donors (Lipinski definition) is 2. The number of benzene rings is 1. The van der Waals surface area contributed by atoms with E-state index >= 15 is 0 Å². The van der Waals surface area contributed by atoms with Gasteiger partial charge >= 0.3 is 0 Å². The van der Waals surface area contributed by atoms with Crippen molar-refractivity contribution in [3.05, 3.63) is 34.1 Å². The number of nitrogens with one attached hydrogen (secondary N) is 2. The summed E-state index contributed by atoms with van der Waals surface area (Å²) in [6.45, 7) is 0.105. The van der Waals surface area contributed by atoms with Gasteiger partial charge in [0.2, 0.25) is 5.91 Å². The first kappa shape index (κ1) is 17.9. The fourth-order valence-electron chi connectivity index (χ4n) is 2.27. The third-order valence-corrected chi connectivity index (χ3v) is 5.83. The molecule has 1 aliphatic heterocycles. The van der Waals surface area contributed by atoms with Crippen LogP contribution in [-0.4, -0.2) is 44.3 Å². The highest BCUT2D eigenvalue weighted by Crippen LogP contribution is 2.17. The Labute approximate surface area is 141 Å². The largest absolute Gasteiger partial charge is 0.352 e. The number of carbonyl (C=O) groups is 2. The van der Waals surface area contributed by atoms with Crippen LogP contribution in [0.4, 0.5) is 4.39 Å². The molecule has 1 fully saturated rings. The maximum absolute atomic E-state index is 13.0. The highest BCUT2D eigenvalue weighted by atomic mass is 79.9. The molecule has 2 N–H and O–H groups in total. The monoisotopic (exact) mass is 406 g/mol. The maximum Gasteiger partial charge on any atom is 0.252 e. The molecule has 0 bridgehead atoms. The van der Waals surface area contributed by atoms with E-state index in [1.165, 1.54) is 18.2 Å². The van der Waals surface area contributed by atoms with Crippen molar-refractivity contribution >= 4 is 37.6 Å². The van der Waals surface area contributed by atoms with Crippen molar-refractivity contribution in [2.24, 2.45) is 0 Å². The average molecular weight is 407 g/mol. The second-order valence-corrected chi connectivity index (χ2v) is 8.38. The van der Waals surface area contributed by atoms with Gasteiger partial charge in [0.1, 0.15) is 5.82 Å². The Bertz CT molecular complexity index is 723. The molecule has 0 saturated carbocycles. The Hall–Kier alpha value is -1.48. The Morgan fingerprint density at radius 1 is 1.35 bits per heavy atom. The molecule has 1 aromatic rings. The molecule has 0 spiro atoms. The van der Waals surface area contributed by atoms with Crippen LogP contribution in [0.5, 0.6) is 0 Å². The molecule has 1 aromatic carbocycles. The van der Waals surface area contributed by atoms with E-state index in [4.69, 9.17) is 0 Å². The maximum atomic E-state index is 13.0. The summed E-state index contributed by atoms with van der Waals surface area (Å²) in [5.74, 6) is -1.14. The molecule has 0 radical (unpaired) electrons. The van der Waals surface area contributed by atoms with Gasteiger partial charge in [0.25, 0.3) is 5.91 Å². The molecule has 0 aromatic heterocycles. The van der Waals surface area contributed by atoms with Crippen molar-refractivity contribution in [3.63, 3.8) is 0 Å². The van der Waals surface area contributed by atoms with Gasteiger partial charge in [0, 0.05) is 23.5 Å². The summed E-state index contributed by atoms with van der Waals surface area (Å²) in [6.07, 6.45) is 0.462. The number of rotatable bonds is 5. The molecule has 1 atom stereocenters. The van der Waals surface area contributed by atoms with Gasteiger partial charge in [-0.2, -0.15) is 0 Å². The van der Waals surface area contributed by atoms with E-state index in [9.17, 15) is 22.4 Å². The quantitative estimate of drug-likeness (QED) is 0.762. The van der Waals surface area contributed by atoms with Gasteiger partial charge in [-0.3, -0.25) is 9.59 Å². The van der Waals surface area contributed by atoms with Gasteiger partial charge in [0.15, 0.2) is 9.84 Å². The zero-order valence-corrected chi connectivity index (χ0v) is 14.5. The first-order valence-electron chi connectivity index (χ1n) is 7.00. The molecule has 2 amide bonds. The smallest absolute Gasteiger partial charge is 0.252 e. The van der Waals surface area contributed by atoms with Gasteiger partial charge in [-0.1, -0.05) is 0 Å². The lowest BCUT2D eigenvalue weighted by Crippen LogP contribution is -2.37. The van der Waals surface area contributed by atoms with E-state index in [0.717, 1.165) is 0 Å². The molecule has 126 valence electrons. The Kier molecular flexibility index (Phi) is 5.74. The third-order valence-electron chi connectivity index (χ3n) is 3.41. The molecule has 23 heavy (non-hydrogen) atoms. The fraction of sp³-hybridized carbons (Fsp3) is 0.429. The van der Waals surface area contributed by atoms with E-state index < -0.39 is 21.6 Å². The highest BCUT2D eigenvalue weighted by Gasteiger charge is 2.28. The van der Waals surface area contributed by atoms with Crippen molar-refractivity contribution in [1.82, 2.24) is 10.6 Å². The molecule has 9 heteroatoms. The summed E-state index contributed by atoms with van der Waals surface area (Å²) >= 11 is 3.10. The normalized spacial score (nSPS) is 19.3. The molecule has 2 rings (SSSR count). The lowest BCUT2D eigenvalue weighted by Gasteiger charge is -2.11. The second-order valence-electron chi connectivity index (χ2n) is 5.30. The van der Waals surface area contributed by atoms with Gasteiger partial charge in [-0.25, -0.2) is 12.8 Å². The summed E-state index contributed by atoms with van der Waals surface area (Å²) in [5.41, 5.74) is 0.272. The van der Waals surface area contributed by atoms with Crippen LogP contribution in [0.15, 0.2) is 22.7 Å². The van der Waals surface area contributed by atoms with Crippen molar-refractivity contribution in [2.45, 2.75) is 18.9 Å². The standard InChI is InChI=1S/C14H16BrFN2O4S/c15-12-7-9(16)1-2-11(12)14(20)17-5-3-13(19)18-10-4-6-23(21,22)8-10/h1-2,7,10H,3-6,8H2,(H,17,20)(H,18,19). The van der Waals surface area contributed by atoms with E-state index in [-0.39, 0.29) is 42.0 Å². The van der Waals surface area contributed by atoms with Crippen molar-refractivity contribution in [1.29, 1.82) is 0 Å². The molecule has 0 aliphatic carbocycles. The summed E-state index contributed by atoms with van der Waals surface area (Å²) in [5, 5.41) is 5.20. The second kappa shape index (κ2) is 7.39. The van der Waals surface area contributed by atoms with Crippen molar-refractivity contribution < 1.29 is 22.4 Å². The van der Waals surface area contributed by atoms with E-state index in [1.807, 2.05) is 0 Å². The lowest BCUT2D eigenvalue weighted by atomic mass is 10.2. The lowest BCUT2D eigenvalue weighted by molar-refractivity contribution is -0.121. The minimum absolute atomic E-state index is 0.0341. The minimum Gasteiger partial charge on any atom is -0.352 e. The molecule has 1 aliphatic rings. The SMILES string of the molecule is O=C(CCNC(=O)c1ccc(F)cc1Br)NC1CCS(=O)(=O)C1.